The molecule has 0 fully saturated rings. The predicted molar refractivity (Wildman–Crippen MR) is 84.7 cm³/mol. The maximum atomic E-state index is 12.5. The van der Waals surface area contributed by atoms with E-state index in [4.69, 9.17) is 15.8 Å². The Bertz CT molecular complexity index is 772. The van der Waals surface area contributed by atoms with Gasteiger partial charge < -0.3 is 4.18 Å². The van der Waals surface area contributed by atoms with E-state index >= 15 is 0 Å². The van der Waals surface area contributed by atoms with Crippen molar-refractivity contribution in [1.82, 2.24) is 0 Å². The maximum Gasteiger partial charge on any atom is 0.339 e. The van der Waals surface area contributed by atoms with Gasteiger partial charge in [-0.15, -0.1) is 0 Å². The lowest BCUT2D eigenvalue weighted by Crippen LogP contribution is -2.13. The molecule has 112 valence electrons. The summed E-state index contributed by atoms with van der Waals surface area (Å²) in [4.78, 5) is 0.223. The standard InChI is InChI=1S/C16H17ClO3S/c1-10-7-12(3)16(13(4)8-10)21(18,19)20-14-5-6-15(17)11(2)9-14/h5-9H,1-4H3. The Morgan fingerprint density at radius 1 is 0.905 bits per heavy atom. The Hall–Kier alpha value is -1.52. The molecule has 2 aromatic rings. The molecule has 2 aromatic carbocycles. The number of hydrogen-bond donors (Lipinski definition) is 0. The molecule has 0 aliphatic heterocycles. The van der Waals surface area contributed by atoms with Gasteiger partial charge in [-0.3, -0.25) is 0 Å². The van der Waals surface area contributed by atoms with E-state index in [2.05, 4.69) is 0 Å². The van der Waals surface area contributed by atoms with Crippen molar-refractivity contribution in [3.63, 3.8) is 0 Å². The first-order valence-electron chi connectivity index (χ1n) is 6.49. The van der Waals surface area contributed by atoms with Crippen molar-refractivity contribution >= 4 is 21.7 Å². The normalized spacial score (nSPS) is 11.5. The van der Waals surface area contributed by atoms with Gasteiger partial charge in [0, 0.05) is 5.02 Å². The molecular formula is C16H17ClO3S. The average Bonchev–Trinajstić information content (AvgIpc) is 2.31. The first kappa shape index (κ1) is 15.9. The van der Waals surface area contributed by atoms with Crippen LogP contribution in [0.2, 0.25) is 5.02 Å². The van der Waals surface area contributed by atoms with E-state index in [-0.39, 0.29) is 10.6 Å². The van der Waals surface area contributed by atoms with Crippen molar-refractivity contribution in [2.45, 2.75) is 32.6 Å². The van der Waals surface area contributed by atoms with Gasteiger partial charge in [-0.1, -0.05) is 29.3 Å². The van der Waals surface area contributed by atoms with E-state index in [0.29, 0.717) is 16.1 Å². The van der Waals surface area contributed by atoms with Gasteiger partial charge in [-0.25, -0.2) is 0 Å². The zero-order chi connectivity index (χ0) is 15.8. The molecule has 0 spiro atoms. The lowest BCUT2D eigenvalue weighted by Gasteiger charge is -2.13. The van der Waals surface area contributed by atoms with Crippen molar-refractivity contribution < 1.29 is 12.6 Å². The quantitative estimate of drug-likeness (QED) is 0.789. The van der Waals surface area contributed by atoms with Gasteiger partial charge in [0.25, 0.3) is 0 Å². The van der Waals surface area contributed by atoms with Crippen LogP contribution in [0.15, 0.2) is 35.2 Å². The second kappa shape index (κ2) is 5.70. The van der Waals surface area contributed by atoms with E-state index in [0.717, 1.165) is 11.1 Å². The molecule has 0 saturated heterocycles. The fraction of sp³-hybridized carbons (Fsp3) is 0.250. The molecule has 5 heteroatoms. The van der Waals surface area contributed by atoms with Gasteiger partial charge in [0.15, 0.2) is 0 Å². The highest BCUT2D eigenvalue weighted by molar-refractivity contribution is 7.87. The van der Waals surface area contributed by atoms with Gasteiger partial charge >= 0.3 is 10.1 Å². The minimum atomic E-state index is -3.86. The molecule has 0 N–H and O–H groups in total. The van der Waals surface area contributed by atoms with E-state index in [9.17, 15) is 8.42 Å². The van der Waals surface area contributed by atoms with Crippen LogP contribution in [0, 0.1) is 27.7 Å². The zero-order valence-electron chi connectivity index (χ0n) is 12.4. The monoisotopic (exact) mass is 324 g/mol. The largest absolute Gasteiger partial charge is 0.379 e. The lowest BCUT2D eigenvalue weighted by molar-refractivity contribution is 0.484. The maximum absolute atomic E-state index is 12.5. The average molecular weight is 325 g/mol. The summed E-state index contributed by atoms with van der Waals surface area (Å²) in [6.45, 7) is 7.26. The van der Waals surface area contributed by atoms with Crippen LogP contribution in [0.1, 0.15) is 22.3 Å². The SMILES string of the molecule is Cc1cc(C)c(S(=O)(=O)Oc2ccc(Cl)c(C)c2)c(C)c1. The molecular weight excluding hydrogens is 308 g/mol. The lowest BCUT2D eigenvalue weighted by atomic mass is 10.1. The van der Waals surface area contributed by atoms with Crippen LogP contribution in [-0.4, -0.2) is 8.42 Å². The molecule has 0 amide bonds. The number of benzene rings is 2. The summed E-state index contributed by atoms with van der Waals surface area (Å²) in [6, 6.07) is 8.44. The van der Waals surface area contributed by atoms with Crippen molar-refractivity contribution in [2.24, 2.45) is 0 Å². The van der Waals surface area contributed by atoms with Gasteiger partial charge in [-0.05, 0) is 62.6 Å². The molecule has 0 bridgehead atoms. The van der Waals surface area contributed by atoms with E-state index in [1.807, 2.05) is 19.1 Å². The third kappa shape index (κ3) is 3.39. The van der Waals surface area contributed by atoms with Crippen molar-refractivity contribution in [2.75, 3.05) is 0 Å². The van der Waals surface area contributed by atoms with Crippen LogP contribution in [0.3, 0.4) is 0 Å². The molecule has 0 saturated carbocycles. The van der Waals surface area contributed by atoms with Crippen molar-refractivity contribution in [3.05, 3.63) is 57.6 Å². The summed E-state index contributed by atoms with van der Waals surface area (Å²) < 4.78 is 30.2. The highest BCUT2D eigenvalue weighted by Crippen LogP contribution is 2.27. The molecule has 0 heterocycles. The summed E-state index contributed by atoms with van der Waals surface area (Å²) in [5.74, 6) is 0.260. The van der Waals surface area contributed by atoms with Crippen LogP contribution in [0.4, 0.5) is 0 Å². The second-order valence-electron chi connectivity index (χ2n) is 5.18. The Kier molecular flexibility index (Phi) is 4.30. The molecule has 0 aliphatic rings. The topological polar surface area (TPSA) is 43.4 Å². The van der Waals surface area contributed by atoms with Gasteiger partial charge in [-0.2, -0.15) is 8.42 Å². The minimum Gasteiger partial charge on any atom is -0.379 e. The Morgan fingerprint density at radius 3 is 2.00 bits per heavy atom. The zero-order valence-corrected chi connectivity index (χ0v) is 14.0. The third-order valence-electron chi connectivity index (χ3n) is 3.19. The van der Waals surface area contributed by atoms with Crippen LogP contribution < -0.4 is 4.18 Å². The molecule has 0 aliphatic carbocycles. The highest BCUT2D eigenvalue weighted by atomic mass is 35.5. The van der Waals surface area contributed by atoms with Crippen molar-refractivity contribution in [3.8, 4) is 5.75 Å². The molecule has 0 radical (unpaired) electrons. The van der Waals surface area contributed by atoms with E-state index < -0.39 is 10.1 Å². The smallest absolute Gasteiger partial charge is 0.339 e. The first-order chi connectivity index (χ1) is 9.70. The number of aryl methyl sites for hydroxylation is 4. The van der Waals surface area contributed by atoms with Gasteiger partial charge in [0.2, 0.25) is 0 Å². The number of hydrogen-bond acceptors (Lipinski definition) is 3. The summed E-state index contributed by atoms with van der Waals surface area (Å²) in [6.07, 6.45) is 0. The molecule has 3 nitrogen and oxygen atoms in total. The molecule has 21 heavy (non-hydrogen) atoms. The number of halogens is 1. The summed E-state index contributed by atoms with van der Waals surface area (Å²) in [5.41, 5.74) is 3.14. The molecule has 0 unspecified atom stereocenters. The Morgan fingerprint density at radius 2 is 1.48 bits per heavy atom. The summed E-state index contributed by atoms with van der Waals surface area (Å²) in [7, 11) is -3.86. The van der Waals surface area contributed by atoms with Crippen molar-refractivity contribution in [1.29, 1.82) is 0 Å². The molecule has 2 rings (SSSR count). The highest BCUT2D eigenvalue weighted by Gasteiger charge is 2.22. The molecule has 0 atom stereocenters. The van der Waals surface area contributed by atoms with E-state index in [1.54, 1.807) is 39.0 Å². The third-order valence-corrected chi connectivity index (χ3v) is 5.17. The van der Waals surface area contributed by atoms with Crippen LogP contribution in [0.5, 0.6) is 5.75 Å². The Balaban J connectivity index is 2.46. The first-order valence-corrected chi connectivity index (χ1v) is 8.28. The number of rotatable bonds is 3. The van der Waals surface area contributed by atoms with E-state index in [1.165, 1.54) is 0 Å². The Labute approximate surface area is 130 Å². The van der Waals surface area contributed by atoms with Crippen LogP contribution >= 0.6 is 11.6 Å². The second-order valence-corrected chi connectivity index (χ2v) is 7.07. The van der Waals surface area contributed by atoms with Gasteiger partial charge in [0.05, 0.1) is 0 Å². The fourth-order valence-corrected chi connectivity index (χ4v) is 3.86. The fourth-order valence-electron chi connectivity index (χ4n) is 2.40. The van der Waals surface area contributed by atoms with Crippen LogP contribution in [-0.2, 0) is 10.1 Å². The van der Waals surface area contributed by atoms with Gasteiger partial charge in [0.1, 0.15) is 10.6 Å². The predicted octanol–water partition coefficient (Wildman–Crippen LogP) is 4.34. The van der Waals surface area contributed by atoms with Crippen LogP contribution in [0.25, 0.3) is 0 Å². The molecule has 0 aromatic heterocycles. The summed E-state index contributed by atoms with van der Waals surface area (Å²) in [5, 5.41) is 0.572. The summed E-state index contributed by atoms with van der Waals surface area (Å²) >= 11 is 5.93. The minimum absolute atomic E-state index is 0.223.